The maximum atomic E-state index is 12.0. The molecule has 1 aromatic rings. The molecular weight excluding hydrogens is 351 g/mol. The summed E-state index contributed by atoms with van der Waals surface area (Å²) in [5, 5.41) is 7.22. The van der Waals surface area contributed by atoms with Crippen molar-refractivity contribution in [2.45, 2.75) is 37.4 Å². The summed E-state index contributed by atoms with van der Waals surface area (Å²) in [5.74, 6) is 1.99. The summed E-state index contributed by atoms with van der Waals surface area (Å²) >= 11 is 1.99. The first-order valence-corrected chi connectivity index (χ1v) is 9.29. The third-order valence-electron chi connectivity index (χ3n) is 3.76. The average molecular weight is 375 g/mol. The molecule has 1 saturated heterocycles. The lowest BCUT2D eigenvalue weighted by atomic mass is 10.1. The fourth-order valence-electron chi connectivity index (χ4n) is 2.46. The molecule has 1 unspecified atom stereocenters. The third kappa shape index (κ3) is 8.00. The van der Waals surface area contributed by atoms with Gasteiger partial charge in [-0.1, -0.05) is 24.3 Å². The minimum atomic E-state index is -4.29. The van der Waals surface area contributed by atoms with E-state index in [-0.39, 0.29) is 6.61 Å². The van der Waals surface area contributed by atoms with Crippen molar-refractivity contribution in [2.75, 3.05) is 26.0 Å². The van der Waals surface area contributed by atoms with Crippen LogP contribution in [0.3, 0.4) is 0 Å². The van der Waals surface area contributed by atoms with Gasteiger partial charge >= 0.3 is 6.18 Å². The number of aliphatic imine (C=N–C) groups is 1. The molecule has 2 N–H and O–H groups in total. The molecule has 140 valence electrons. The largest absolute Gasteiger partial charge is 0.411 e. The van der Waals surface area contributed by atoms with Gasteiger partial charge in [-0.2, -0.15) is 24.9 Å². The molecule has 1 atom stereocenters. The van der Waals surface area contributed by atoms with Crippen LogP contribution in [0.15, 0.2) is 29.3 Å². The first-order chi connectivity index (χ1) is 12.0. The molecule has 0 amide bonds. The van der Waals surface area contributed by atoms with Gasteiger partial charge in [0, 0.05) is 25.4 Å². The second-order valence-electron chi connectivity index (χ2n) is 5.87. The molecule has 0 saturated carbocycles. The number of nitrogens with zero attached hydrogens (tertiary/aromatic N) is 1. The van der Waals surface area contributed by atoms with Gasteiger partial charge in [-0.3, -0.25) is 4.99 Å². The molecule has 1 aliphatic heterocycles. The van der Waals surface area contributed by atoms with Crippen molar-refractivity contribution in [3.8, 4) is 0 Å². The SMILES string of the molecule is CN=C(NCc1ccc(COCC(F)(F)F)cc1)NCC1CCCS1. The topological polar surface area (TPSA) is 45.7 Å². The number of alkyl halides is 3. The van der Waals surface area contributed by atoms with Crippen LogP contribution in [0.5, 0.6) is 0 Å². The number of nitrogens with one attached hydrogen (secondary N) is 2. The standard InChI is InChI=1S/C17H24F3N3OS/c1-21-16(23-10-15-3-2-8-25-15)22-9-13-4-6-14(7-5-13)11-24-12-17(18,19)20/h4-7,15H,2-3,8-12H2,1H3,(H2,21,22,23). The Morgan fingerprint density at radius 2 is 1.96 bits per heavy atom. The van der Waals surface area contributed by atoms with Gasteiger partial charge in [0.2, 0.25) is 0 Å². The number of benzene rings is 1. The van der Waals surface area contributed by atoms with Crippen LogP contribution in [-0.4, -0.2) is 43.3 Å². The van der Waals surface area contributed by atoms with Crippen LogP contribution in [0.4, 0.5) is 13.2 Å². The van der Waals surface area contributed by atoms with Crippen molar-refractivity contribution >= 4 is 17.7 Å². The Morgan fingerprint density at radius 1 is 1.24 bits per heavy atom. The van der Waals surface area contributed by atoms with E-state index < -0.39 is 12.8 Å². The molecule has 8 heteroatoms. The molecule has 0 radical (unpaired) electrons. The number of guanidine groups is 1. The Kier molecular flexibility index (Phi) is 7.90. The summed E-state index contributed by atoms with van der Waals surface area (Å²) in [7, 11) is 1.73. The number of thioether (sulfide) groups is 1. The monoisotopic (exact) mass is 375 g/mol. The van der Waals surface area contributed by atoms with E-state index in [0.29, 0.717) is 17.4 Å². The number of rotatable bonds is 7. The summed E-state index contributed by atoms with van der Waals surface area (Å²) in [6, 6.07) is 7.30. The fraction of sp³-hybridized carbons (Fsp3) is 0.588. The highest BCUT2D eigenvalue weighted by Gasteiger charge is 2.27. The lowest BCUT2D eigenvalue weighted by Crippen LogP contribution is -2.39. The van der Waals surface area contributed by atoms with Gasteiger partial charge < -0.3 is 15.4 Å². The first kappa shape index (κ1) is 19.9. The van der Waals surface area contributed by atoms with Crippen LogP contribution >= 0.6 is 11.8 Å². The predicted molar refractivity (Wildman–Crippen MR) is 95.8 cm³/mol. The van der Waals surface area contributed by atoms with E-state index in [9.17, 15) is 13.2 Å². The molecular formula is C17H24F3N3OS. The smallest absolute Gasteiger partial charge is 0.367 e. The Labute approximate surface area is 150 Å². The molecule has 0 bridgehead atoms. The minimum absolute atomic E-state index is 0.0461. The highest BCUT2D eigenvalue weighted by atomic mass is 32.2. The van der Waals surface area contributed by atoms with Crippen molar-refractivity contribution in [2.24, 2.45) is 4.99 Å². The molecule has 1 heterocycles. The molecule has 0 spiro atoms. The zero-order chi connectivity index (χ0) is 18.1. The molecule has 25 heavy (non-hydrogen) atoms. The lowest BCUT2D eigenvalue weighted by molar-refractivity contribution is -0.176. The van der Waals surface area contributed by atoms with Crippen LogP contribution in [0.1, 0.15) is 24.0 Å². The van der Waals surface area contributed by atoms with Gasteiger partial charge in [-0.25, -0.2) is 0 Å². The van der Waals surface area contributed by atoms with E-state index in [1.807, 2.05) is 23.9 Å². The minimum Gasteiger partial charge on any atom is -0.367 e. The van der Waals surface area contributed by atoms with Gasteiger partial charge in [-0.05, 0) is 29.7 Å². The van der Waals surface area contributed by atoms with Crippen LogP contribution in [0.25, 0.3) is 0 Å². The van der Waals surface area contributed by atoms with E-state index in [0.717, 1.165) is 18.1 Å². The fourth-order valence-corrected chi connectivity index (χ4v) is 3.66. The van der Waals surface area contributed by atoms with E-state index in [1.54, 1.807) is 19.2 Å². The number of hydrogen-bond donors (Lipinski definition) is 2. The van der Waals surface area contributed by atoms with Crippen LogP contribution in [0.2, 0.25) is 0 Å². The third-order valence-corrected chi connectivity index (χ3v) is 5.16. The van der Waals surface area contributed by atoms with Crippen molar-refractivity contribution in [3.05, 3.63) is 35.4 Å². The average Bonchev–Trinajstić information content (AvgIpc) is 3.08. The summed E-state index contributed by atoms with van der Waals surface area (Å²) in [5.41, 5.74) is 1.74. The van der Waals surface area contributed by atoms with Gasteiger partial charge in [0.1, 0.15) is 6.61 Å². The normalized spacial score (nSPS) is 18.4. The number of halogens is 3. The highest BCUT2D eigenvalue weighted by molar-refractivity contribution is 8.00. The Bertz CT molecular complexity index is 543. The molecule has 4 nitrogen and oxygen atoms in total. The van der Waals surface area contributed by atoms with E-state index in [1.165, 1.54) is 18.6 Å². The Hall–Kier alpha value is -1.41. The Balaban J connectivity index is 1.70. The summed E-state index contributed by atoms with van der Waals surface area (Å²) in [6.07, 6.45) is -1.77. The summed E-state index contributed by atoms with van der Waals surface area (Å²) in [6.45, 7) is 0.230. The number of hydrogen-bond acceptors (Lipinski definition) is 3. The van der Waals surface area contributed by atoms with Gasteiger partial charge in [0.25, 0.3) is 0 Å². The highest BCUT2D eigenvalue weighted by Crippen LogP contribution is 2.25. The summed E-state index contributed by atoms with van der Waals surface area (Å²) < 4.78 is 40.8. The Morgan fingerprint density at radius 3 is 2.56 bits per heavy atom. The molecule has 1 aromatic carbocycles. The van der Waals surface area contributed by atoms with Crippen LogP contribution in [0, 0.1) is 0 Å². The van der Waals surface area contributed by atoms with Crippen LogP contribution in [-0.2, 0) is 17.9 Å². The van der Waals surface area contributed by atoms with Crippen molar-refractivity contribution < 1.29 is 17.9 Å². The second kappa shape index (κ2) is 9.91. The molecule has 1 aliphatic rings. The van der Waals surface area contributed by atoms with Crippen LogP contribution < -0.4 is 10.6 Å². The second-order valence-corrected chi connectivity index (χ2v) is 7.27. The maximum Gasteiger partial charge on any atom is 0.411 e. The van der Waals surface area contributed by atoms with E-state index in [2.05, 4.69) is 20.4 Å². The molecule has 2 rings (SSSR count). The molecule has 1 fully saturated rings. The van der Waals surface area contributed by atoms with Gasteiger partial charge in [-0.15, -0.1) is 0 Å². The zero-order valence-corrected chi connectivity index (χ0v) is 15.1. The first-order valence-electron chi connectivity index (χ1n) is 8.25. The predicted octanol–water partition coefficient (Wildman–Crippen LogP) is 3.33. The van der Waals surface area contributed by atoms with Crippen molar-refractivity contribution in [1.29, 1.82) is 0 Å². The zero-order valence-electron chi connectivity index (χ0n) is 14.2. The van der Waals surface area contributed by atoms with E-state index in [4.69, 9.17) is 0 Å². The number of ether oxygens (including phenoxy) is 1. The molecule has 0 aromatic heterocycles. The summed E-state index contributed by atoms with van der Waals surface area (Å²) in [4.78, 5) is 4.20. The van der Waals surface area contributed by atoms with Gasteiger partial charge in [0.05, 0.1) is 6.61 Å². The van der Waals surface area contributed by atoms with E-state index >= 15 is 0 Å². The van der Waals surface area contributed by atoms with Crippen molar-refractivity contribution in [3.63, 3.8) is 0 Å². The molecule has 0 aliphatic carbocycles. The van der Waals surface area contributed by atoms with Gasteiger partial charge in [0.15, 0.2) is 5.96 Å². The lowest BCUT2D eigenvalue weighted by Gasteiger charge is -2.15. The maximum absolute atomic E-state index is 12.0. The quantitative estimate of drug-likeness (QED) is 0.567. The van der Waals surface area contributed by atoms with Crippen molar-refractivity contribution in [1.82, 2.24) is 10.6 Å².